The van der Waals surface area contributed by atoms with E-state index in [2.05, 4.69) is 0 Å². The largest absolute Gasteiger partial charge is 0.481 e. The monoisotopic (exact) mass is 218 g/mol. The van der Waals surface area contributed by atoms with E-state index in [4.69, 9.17) is 5.11 Å². The summed E-state index contributed by atoms with van der Waals surface area (Å²) in [5, 5.41) is 19.4. The second-order valence-electron chi connectivity index (χ2n) is 4.32. The first kappa shape index (κ1) is 11.9. The number of hydrogen-bond donors (Lipinski definition) is 2. The molecule has 1 heterocycles. The van der Waals surface area contributed by atoms with E-state index in [9.17, 15) is 9.90 Å². The first-order valence-corrected chi connectivity index (χ1v) is 6.16. The number of thioether (sulfide) groups is 1. The van der Waals surface area contributed by atoms with Crippen LogP contribution in [0.4, 0.5) is 0 Å². The van der Waals surface area contributed by atoms with Crippen LogP contribution in [0.2, 0.25) is 0 Å². The predicted molar refractivity (Wildman–Crippen MR) is 57.5 cm³/mol. The minimum Gasteiger partial charge on any atom is -0.481 e. The molecule has 1 fully saturated rings. The number of aliphatic carboxylic acids is 1. The quantitative estimate of drug-likeness (QED) is 0.755. The Morgan fingerprint density at radius 1 is 1.50 bits per heavy atom. The van der Waals surface area contributed by atoms with Gasteiger partial charge in [0, 0.05) is 5.75 Å². The minimum absolute atomic E-state index is 0.0174. The van der Waals surface area contributed by atoms with E-state index in [1.165, 1.54) is 0 Å². The predicted octanol–water partition coefficient (Wildman–Crippen LogP) is 1.60. The van der Waals surface area contributed by atoms with Gasteiger partial charge < -0.3 is 10.2 Å². The van der Waals surface area contributed by atoms with Crippen LogP contribution in [0.1, 0.15) is 26.7 Å². The number of carboxylic acid groups (broad SMARTS) is 1. The highest BCUT2D eigenvalue weighted by Gasteiger charge is 2.44. The number of rotatable bonds is 3. The summed E-state index contributed by atoms with van der Waals surface area (Å²) in [6.07, 6.45) is 1.53. The molecule has 0 radical (unpaired) electrons. The van der Waals surface area contributed by atoms with E-state index >= 15 is 0 Å². The van der Waals surface area contributed by atoms with E-state index in [1.807, 2.05) is 13.8 Å². The minimum atomic E-state index is -0.997. The molecular formula is C10H18O3S. The van der Waals surface area contributed by atoms with Gasteiger partial charge in [-0.1, -0.05) is 13.8 Å². The molecule has 2 atom stereocenters. The van der Waals surface area contributed by atoms with Gasteiger partial charge >= 0.3 is 5.97 Å². The van der Waals surface area contributed by atoms with Crippen LogP contribution in [-0.2, 0) is 4.79 Å². The van der Waals surface area contributed by atoms with Gasteiger partial charge in [0.25, 0.3) is 0 Å². The SMILES string of the molecule is CC(C)C(C(=O)O)C1(O)CCCSC1. The van der Waals surface area contributed by atoms with Crippen molar-refractivity contribution in [2.45, 2.75) is 32.3 Å². The van der Waals surface area contributed by atoms with Crippen molar-refractivity contribution >= 4 is 17.7 Å². The smallest absolute Gasteiger partial charge is 0.309 e. The summed E-state index contributed by atoms with van der Waals surface area (Å²) in [6.45, 7) is 3.71. The van der Waals surface area contributed by atoms with Crippen molar-refractivity contribution in [1.29, 1.82) is 0 Å². The lowest BCUT2D eigenvalue weighted by atomic mass is 9.78. The lowest BCUT2D eigenvalue weighted by Gasteiger charge is -2.38. The average molecular weight is 218 g/mol. The van der Waals surface area contributed by atoms with Crippen LogP contribution in [0.5, 0.6) is 0 Å². The molecule has 0 aliphatic carbocycles. The zero-order valence-electron chi connectivity index (χ0n) is 8.69. The zero-order chi connectivity index (χ0) is 10.8. The maximum absolute atomic E-state index is 11.1. The van der Waals surface area contributed by atoms with E-state index in [-0.39, 0.29) is 5.92 Å². The molecular weight excluding hydrogens is 200 g/mol. The van der Waals surface area contributed by atoms with Crippen molar-refractivity contribution in [2.75, 3.05) is 11.5 Å². The molecule has 0 aromatic heterocycles. The van der Waals surface area contributed by atoms with Crippen LogP contribution in [-0.4, -0.2) is 33.3 Å². The molecule has 1 aliphatic rings. The molecule has 0 amide bonds. The van der Waals surface area contributed by atoms with Gasteiger partial charge in [-0.25, -0.2) is 0 Å². The lowest BCUT2D eigenvalue weighted by molar-refractivity contribution is -0.154. The van der Waals surface area contributed by atoms with Gasteiger partial charge in [0.05, 0.1) is 11.5 Å². The molecule has 2 unspecified atom stereocenters. The molecule has 0 spiro atoms. The van der Waals surface area contributed by atoms with Gasteiger partial charge in [0.15, 0.2) is 0 Å². The van der Waals surface area contributed by atoms with Crippen molar-refractivity contribution in [3.05, 3.63) is 0 Å². The van der Waals surface area contributed by atoms with Crippen molar-refractivity contribution in [1.82, 2.24) is 0 Å². The van der Waals surface area contributed by atoms with Gasteiger partial charge in [-0.2, -0.15) is 11.8 Å². The Bertz CT molecular complexity index is 209. The molecule has 0 aromatic rings. The normalized spacial score (nSPS) is 30.3. The third-order valence-corrected chi connectivity index (χ3v) is 4.04. The average Bonchev–Trinajstić information content (AvgIpc) is 2.02. The van der Waals surface area contributed by atoms with Crippen molar-refractivity contribution < 1.29 is 15.0 Å². The first-order chi connectivity index (χ1) is 6.47. The molecule has 4 heteroatoms. The van der Waals surface area contributed by atoms with Gasteiger partial charge in [0.1, 0.15) is 0 Å². The molecule has 1 aliphatic heterocycles. The highest BCUT2D eigenvalue weighted by molar-refractivity contribution is 7.99. The Morgan fingerprint density at radius 3 is 2.50 bits per heavy atom. The number of carbonyl (C=O) groups is 1. The molecule has 3 nitrogen and oxygen atoms in total. The van der Waals surface area contributed by atoms with Crippen LogP contribution in [0, 0.1) is 11.8 Å². The van der Waals surface area contributed by atoms with Crippen LogP contribution in [0.3, 0.4) is 0 Å². The van der Waals surface area contributed by atoms with Gasteiger partial charge in [-0.3, -0.25) is 4.79 Å². The summed E-state index contributed by atoms with van der Waals surface area (Å²) in [5.41, 5.74) is -0.997. The second-order valence-corrected chi connectivity index (χ2v) is 5.42. The van der Waals surface area contributed by atoms with Crippen LogP contribution in [0.25, 0.3) is 0 Å². The fraction of sp³-hybridized carbons (Fsp3) is 0.900. The van der Waals surface area contributed by atoms with E-state index in [0.717, 1.165) is 12.2 Å². The molecule has 14 heavy (non-hydrogen) atoms. The standard InChI is InChI=1S/C10H18O3S/c1-7(2)8(9(11)12)10(13)4-3-5-14-6-10/h7-8,13H,3-6H2,1-2H3,(H,11,12). The van der Waals surface area contributed by atoms with Gasteiger partial charge in [-0.15, -0.1) is 0 Å². The van der Waals surface area contributed by atoms with Crippen molar-refractivity contribution in [2.24, 2.45) is 11.8 Å². The van der Waals surface area contributed by atoms with Crippen LogP contribution in [0.15, 0.2) is 0 Å². The van der Waals surface area contributed by atoms with Crippen LogP contribution >= 0.6 is 11.8 Å². The number of carboxylic acids is 1. The summed E-state index contributed by atoms with van der Waals surface area (Å²) < 4.78 is 0. The maximum atomic E-state index is 11.1. The van der Waals surface area contributed by atoms with Gasteiger partial charge in [0.2, 0.25) is 0 Å². The lowest BCUT2D eigenvalue weighted by Crippen LogP contribution is -2.48. The Morgan fingerprint density at radius 2 is 2.14 bits per heavy atom. The summed E-state index contributed by atoms with van der Waals surface area (Å²) in [5.74, 6) is 0.0750. The Hall–Kier alpha value is -0.220. The molecule has 0 aromatic carbocycles. The summed E-state index contributed by atoms with van der Waals surface area (Å²) in [6, 6.07) is 0. The fourth-order valence-corrected chi connectivity index (χ4v) is 3.35. The maximum Gasteiger partial charge on any atom is 0.309 e. The van der Waals surface area contributed by atoms with E-state index in [1.54, 1.807) is 11.8 Å². The zero-order valence-corrected chi connectivity index (χ0v) is 9.51. The Labute approximate surface area is 88.9 Å². The summed E-state index contributed by atoms with van der Waals surface area (Å²) >= 11 is 1.65. The highest BCUT2D eigenvalue weighted by Crippen LogP contribution is 2.36. The van der Waals surface area contributed by atoms with Crippen molar-refractivity contribution in [3.63, 3.8) is 0 Å². The molecule has 1 saturated heterocycles. The van der Waals surface area contributed by atoms with Crippen LogP contribution < -0.4 is 0 Å². The third kappa shape index (κ3) is 2.42. The Balaban J connectivity index is 2.79. The molecule has 0 saturated carbocycles. The number of hydrogen-bond acceptors (Lipinski definition) is 3. The van der Waals surface area contributed by atoms with E-state index in [0.29, 0.717) is 12.2 Å². The fourth-order valence-electron chi connectivity index (χ4n) is 2.18. The first-order valence-electron chi connectivity index (χ1n) is 5.00. The van der Waals surface area contributed by atoms with Gasteiger partial charge in [-0.05, 0) is 24.5 Å². The Kier molecular flexibility index (Phi) is 3.84. The molecule has 0 bridgehead atoms. The third-order valence-electron chi connectivity index (χ3n) is 2.76. The second kappa shape index (κ2) is 4.53. The molecule has 1 rings (SSSR count). The summed E-state index contributed by atoms with van der Waals surface area (Å²) in [7, 11) is 0. The molecule has 2 N–H and O–H groups in total. The number of aliphatic hydroxyl groups is 1. The summed E-state index contributed by atoms with van der Waals surface area (Å²) in [4.78, 5) is 11.1. The topological polar surface area (TPSA) is 57.5 Å². The highest BCUT2D eigenvalue weighted by atomic mass is 32.2. The van der Waals surface area contributed by atoms with E-state index < -0.39 is 17.5 Å². The van der Waals surface area contributed by atoms with Crippen molar-refractivity contribution in [3.8, 4) is 0 Å². The molecule has 82 valence electrons.